The van der Waals surface area contributed by atoms with Crippen molar-refractivity contribution < 1.29 is 13.9 Å². The number of halogens is 2. The summed E-state index contributed by atoms with van der Waals surface area (Å²) in [5.74, 6) is -1.03. The van der Waals surface area contributed by atoms with Crippen molar-refractivity contribution in [1.29, 1.82) is 0 Å². The molecular weight excluding hydrogens is 278 g/mol. The molecule has 112 valence electrons. The number of hydrogen-bond acceptors (Lipinski definition) is 4. The van der Waals surface area contributed by atoms with Crippen LogP contribution >= 0.6 is 0 Å². The van der Waals surface area contributed by atoms with Gasteiger partial charge in [0.05, 0.1) is 6.04 Å². The molecule has 0 amide bonds. The third kappa shape index (κ3) is 2.61. The Morgan fingerprint density at radius 2 is 2.05 bits per heavy atom. The van der Waals surface area contributed by atoms with Crippen LogP contribution in [0, 0.1) is 11.6 Å². The van der Waals surface area contributed by atoms with E-state index in [-0.39, 0.29) is 12.6 Å². The van der Waals surface area contributed by atoms with Gasteiger partial charge in [0.25, 0.3) is 0 Å². The SMILES string of the molecule is CC(NCc1cc(F)c(O)c(F)c1)c1nnc2n1CCC2. The van der Waals surface area contributed by atoms with E-state index in [4.69, 9.17) is 5.11 Å². The van der Waals surface area contributed by atoms with Gasteiger partial charge < -0.3 is 15.0 Å². The Morgan fingerprint density at radius 1 is 1.33 bits per heavy atom. The lowest BCUT2D eigenvalue weighted by Gasteiger charge is -2.14. The maximum absolute atomic E-state index is 13.3. The number of phenolic OH excluding ortho intramolecular Hbond substituents is 1. The van der Waals surface area contributed by atoms with Crippen molar-refractivity contribution in [3.05, 3.63) is 41.0 Å². The van der Waals surface area contributed by atoms with Crippen LogP contribution in [0.4, 0.5) is 8.78 Å². The Hall–Kier alpha value is -2.02. The lowest BCUT2D eigenvalue weighted by atomic mass is 10.2. The third-order valence-electron chi connectivity index (χ3n) is 3.71. The zero-order valence-corrected chi connectivity index (χ0v) is 11.6. The Morgan fingerprint density at radius 3 is 2.76 bits per heavy atom. The molecule has 0 aliphatic carbocycles. The lowest BCUT2D eigenvalue weighted by Crippen LogP contribution is -2.21. The van der Waals surface area contributed by atoms with Crippen LogP contribution in [0.3, 0.4) is 0 Å². The second-order valence-electron chi connectivity index (χ2n) is 5.24. The van der Waals surface area contributed by atoms with Gasteiger partial charge in [0.15, 0.2) is 17.4 Å². The first-order valence-corrected chi connectivity index (χ1v) is 6.88. The first-order chi connectivity index (χ1) is 10.1. The Labute approximate surface area is 120 Å². The van der Waals surface area contributed by atoms with E-state index in [0.29, 0.717) is 5.56 Å². The van der Waals surface area contributed by atoms with E-state index in [9.17, 15) is 8.78 Å². The third-order valence-corrected chi connectivity index (χ3v) is 3.71. The maximum atomic E-state index is 13.3. The number of nitrogens with one attached hydrogen (secondary N) is 1. The van der Waals surface area contributed by atoms with Gasteiger partial charge in [-0.05, 0) is 31.0 Å². The molecule has 1 aliphatic rings. The molecule has 0 radical (unpaired) electrons. The summed E-state index contributed by atoms with van der Waals surface area (Å²) in [7, 11) is 0. The molecule has 21 heavy (non-hydrogen) atoms. The average Bonchev–Trinajstić information content (AvgIpc) is 3.04. The molecule has 3 rings (SSSR count). The maximum Gasteiger partial charge on any atom is 0.187 e. The van der Waals surface area contributed by atoms with Crippen molar-refractivity contribution in [3.63, 3.8) is 0 Å². The number of rotatable bonds is 4. The highest BCUT2D eigenvalue weighted by atomic mass is 19.1. The molecule has 1 atom stereocenters. The number of fused-ring (bicyclic) bond motifs is 1. The van der Waals surface area contributed by atoms with Crippen LogP contribution in [0.1, 0.15) is 36.6 Å². The first kappa shape index (κ1) is 13.9. The van der Waals surface area contributed by atoms with Gasteiger partial charge in [-0.3, -0.25) is 0 Å². The second-order valence-corrected chi connectivity index (χ2v) is 5.24. The number of aryl methyl sites for hydroxylation is 1. The van der Waals surface area contributed by atoms with E-state index in [1.807, 2.05) is 6.92 Å². The van der Waals surface area contributed by atoms with E-state index in [2.05, 4.69) is 20.1 Å². The van der Waals surface area contributed by atoms with Gasteiger partial charge in [-0.25, -0.2) is 8.78 Å². The highest BCUT2D eigenvalue weighted by molar-refractivity contribution is 5.30. The molecule has 2 heterocycles. The van der Waals surface area contributed by atoms with Gasteiger partial charge in [-0.15, -0.1) is 10.2 Å². The van der Waals surface area contributed by atoms with Crippen LogP contribution in [0.15, 0.2) is 12.1 Å². The molecule has 1 aromatic heterocycles. The number of phenols is 1. The smallest absolute Gasteiger partial charge is 0.187 e. The van der Waals surface area contributed by atoms with Gasteiger partial charge >= 0.3 is 0 Å². The molecule has 1 aliphatic heterocycles. The summed E-state index contributed by atoms with van der Waals surface area (Å²) < 4.78 is 28.6. The monoisotopic (exact) mass is 294 g/mol. The van der Waals surface area contributed by atoms with Gasteiger partial charge in [-0.1, -0.05) is 0 Å². The first-order valence-electron chi connectivity index (χ1n) is 6.88. The van der Waals surface area contributed by atoms with Gasteiger partial charge in [0.2, 0.25) is 0 Å². The van der Waals surface area contributed by atoms with Crippen molar-refractivity contribution >= 4 is 0 Å². The zero-order valence-electron chi connectivity index (χ0n) is 11.6. The number of hydrogen-bond donors (Lipinski definition) is 2. The number of nitrogens with zero attached hydrogens (tertiary/aromatic N) is 3. The standard InChI is InChI=1S/C14H16F2N4O/c1-8(14-19-18-12-3-2-4-20(12)14)17-7-9-5-10(15)13(21)11(16)6-9/h5-6,8,17,21H,2-4,7H2,1H3. The molecule has 0 fully saturated rings. The topological polar surface area (TPSA) is 63.0 Å². The zero-order chi connectivity index (χ0) is 15.0. The molecule has 5 nitrogen and oxygen atoms in total. The molecule has 0 spiro atoms. The van der Waals surface area contributed by atoms with Gasteiger partial charge in [0.1, 0.15) is 11.6 Å². The average molecular weight is 294 g/mol. The summed E-state index contributed by atoms with van der Waals surface area (Å²) in [5.41, 5.74) is 0.427. The summed E-state index contributed by atoms with van der Waals surface area (Å²) in [6.45, 7) is 3.12. The van der Waals surface area contributed by atoms with E-state index in [1.165, 1.54) is 0 Å². The minimum Gasteiger partial charge on any atom is -0.503 e. The van der Waals surface area contributed by atoms with Crippen LogP contribution in [0.25, 0.3) is 0 Å². The van der Waals surface area contributed by atoms with E-state index >= 15 is 0 Å². The second kappa shape index (κ2) is 5.40. The Bertz CT molecular complexity index is 648. The molecule has 1 aromatic carbocycles. The molecule has 2 aromatic rings. The number of aromatic nitrogens is 3. The molecule has 0 saturated heterocycles. The summed E-state index contributed by atoms with van der Waals surface area (Å²) >= 11 is 0. The normalized spacial score (nSPS) is 15.2. The van der Waals surface area contributed by atoms with E-state index in [1.54, 1.807) is 0 Å². The summed E-state index contributed by atoms with van der Waals surface area (Å²) in [5, 5.41) is 20.5. The summed E-state index contributed by atoms with van der Waals surface area (Å²) in [6, 6.07) is 2.16. The molecule has 1 unspecified atom stereocenters. The van der Waals surface area contributed by atoms with Crippen LogP contribution in [0.5, 0.6) is 5.75 Å². The molecule has 0 saturated carbocycles. The van der Waals surface area contributed by atoms with Gasteiger partial charge in [-0.2, -0.15) is 0 Å². The van der Waals surface area contributed by atoms with Crippen LogP contribution in [-0.2, 0) is 19.5 Å². The van der Waals surface area contributed by atoms with E-state index in [0.717, 1.165) is 43.2 Å². The largest absolute Gasteiger partial charge is 0.503 e. The van der Waals surface area contributed by atoms with Crippen molar-refractivity contribution in [2.24, 2.45) is 0 Å². The van der Waals surface area contributed by atoms with Crippen molar-refractivity contribution in [1.82, 2.24) is 20.1 Å². The molecule has 2 N–H and O–H groups in total. The fourth-order valence-corrected chi connectivity index (χ4v) is 2.58. The van der Waals surface area contributed by atoms with Crippen LogP contribution < -0.4 is 5.32 Å². The van der Waals surface area contributed by atoms with Crippen molar-refractivity contribution in [2.45, 2.75) is 38.9 Å². The molecule has 7 heteroatoms. The number of aromatic hydroxyl groups is 1. The molecular formula is C14H16F2N4O. The lowest BCUT2D eigenvalue weighted by molar-refractivity contribution is 0.394. The Balaban J connectivity index is 1.70. The van der Waals surface area contributed by atoms with Gasteiger partial charge in [0, 0.05) is 19.5 Å². The summed E-state index contributed by atoms with van der Waals surface area (Å²) in [4.78, 5) is 0. The highest BCUT2D eigenvalue weighted by Crippen LogP contribution is 2.22. The highest BCUT2D eigenvalue weighted by Gasteiger charge is 2.21. The van der Waals surface area contributed by atoms with Crippen LogP contribution in [-0.4, -0.2) is 19.9 Å². The minimum atomic E-state index is -0.956. The number of benzene rings is 1. The fraction of sp³-hybridized carbons (Fsp3) is 0.429. The van der Waals surface area contributed by atoms with Crippen molar-refractivity contribution in [3.8, 4) is 5.75 Å². The van der Waals surface area contributed by atoms with Crippen LogP contribution in [0.2, 0.25) is 0 Å². The predicted octanol–water partition coefficient (Wildman–Crippen LogP) is 2.06. The van der Waals surface area contributed by atoms with E-state index < -0.39 is 17.4 Å². The minimum absolute atomic E-state index is 0.0794. The summed E-state index contributed by atoms with van der Waals surface area (Å²) in [6.07, 6.45) is 2.01. The predicted molar refractivity (Wildman–Crippen MR) is 71.6 cm³/mol. The quantitative estimate of drug-likeness (QED) is 0.906. The molecule has 0 bridgehead atoms. The van der Waals surface area contributed by atoms with Crippen molar-refractivity contribution in [2.75, 3.05) is 0 Å². The Kier molecular flexibility index (Phi) is 3.59. The fourth-order valence-electron chi connectivity index (χ4n) is 2.58.